The van der Waals surface area contributed by atoms with Gasteiger partial charge in [-0.1, -0.05) is 13.8 Å². The van der Waals surface area contributed by atoms with Gasteiger partial charge in [-0.25, -0.2) is 0 Å². The van der Waals surface area contributed by atoms with Crippen molar-refractivity contribution in [3.05, 3.63) is 0 Å². The Morgan fingerprint density at radius 1 is 1.35 bits per heavy atom. The summed E-state index contributed by atoms with van der Waals surface area (Å²) < 4.78 is 0. The van der Waals surface area contributed by atoms with Gasteiger partial charge in [0.15, 0.2) is 5.96 Å². The molecule has 17 heavy (non-hydrogen) atoms. The number of piperidine rings is 1. The zero-order valence-corrected chi connectivity index (χ0v) is 11.6. The van der Waals surface area contributed by atoms with Crippen molar-refractivity contribution in [2.75, 3.05) is 39.8 Å². The van der Waals surface area contributed by atoms with E-state index < -0.39 is 0 Å². The van der Waals surface area contributed by atoms with Crippen molar-refractivity contribution < 1.29 is 0 Å². The summed E-state index contributed by atoms with van der Waals surface area (Å²) in [5.41, 5.74) is 0. The molecule has 1 atom stereocenters. The van der Waals surface area contributed by atoms with Gasteiger partial charge in [-0.05, 0) is 38.3 Å². The third-order valence-corrected chi connectivity index (χ3v) is 3.37. The number of likely N-dealkylation sites (tertiary alicyclic amines) is 1. The maximum Gasteiger partial charge on any atom is 0.190 e. The first-order valence-electron chi connectivity index (χ1n) is 6.97. The smallest absolute Gasteiger partial charge is 0.190 e. The van der Waals surface area contributed by atoms with Crippen LogP contribution in [0.4, 0.5) is 0 Å². The molecule has 0 aromatic heterocycles. The second-order valence-corrected chi connectivity index (χ2v) is 4.78. The third kappa shape index (κ3) is 5.39. The van der Waals surface area contributed by atoms with Gasteiger partial charge in [0.25, 0.3) is 0 Å². The summed E-state index contributed by atoms with van der Waals surface area (Å²) in [4.78, 5) is 6.77. The first-order chi connectivity index (χ1) is 8.30. The number of nitrogens with zero attached hydrogens (tertiary/aromatic N) is 2. The third-order valence-electron chi connectivity index (χ3n) is 3.37. The molecule has 0 aromatic rings. The first-order valence-corrected chi connectivity index (χ1v) is 6.97. The number of rotatable bonds is 5. The van der Waals surface area contributed by atoms with E-state index in [1.165, 1.54) is 32.5 Å². The summed E-state index contributed by atoms with van der Waals surface area (Å²) >= 11 is 0. The molecule has 100 valence electrons. The Morgan fingerprint density at radius 2 is 2.18 bits per heavy atom. The highest BCUT2D eigenvalue weighted by Gasteiger charge is 2.18. The quantitative estimate of drug-likeness (QED) is 0.562. The average Bonchev–Trinajstić information content (AvgIpc) is 2.39. The highest BCUT2D eigenvalue weighted by Crippen LogP contribution is 2.14. The van der Waals surface area contributed by atoms with Gasteiger partial charge in [-0.2, -0.15) is 0 Å². The van der Waals surface area contributed by atoms with Gasteiger partial charge in [-0.15, -0.1) is 0 Å². The van der Waals surface area contributed by atoms with Crippen molar-refractivity contribution in [1.82, 2.24) is 15.5 Å². The van der Waals surface area contributed by atoms with Crippen LogP contribution in [0.15, 0.2) is 4.99 Å². The summed E-state index contributed by atoms with van der Waals surface area (Å²) in [5, 5.41) is 6.74. The Balaban J connectivity index is 2.24. The van der Waals surface area contributed by atoms with Gasteiger partial charge in [0.2, 0.25) is 0 Å². The molecular formula is C13H28N4. The SMILES string of the molecule is CCCNC(=NC)NCC1CCCN(CC)C1. The van der Waals surface area contributed by atoms with E-state index in [2.05, 4.69) is 34.4 Å². The minimum Gasteiger partial charge on any atom is -0.356 e. The molecule has 1 unspecified atom stereocenters. The molecule has 0 aliphatic carbocycles. The molecule has 0 saturated carbocycles. The zero-order chi connectivity index (χ0) is 12.5. The second kappa shape index (κ2) is 8.34. The summed E-state index contributed by atoms with van der Waals surface area (Å²) in [7, 11) is 1.84. The van der Waals surface area contributed by atoms with Crippen LogP contribution in [0.1, 0.15) is 33.1 Å². The molecule has 0 bridgehead atoms. The van der Waals surface area contributed by atoms with Gasteiger partial charge >= 0.3 is 0 Å². The van der Waals surface area contributed by atoms with E-state index in [0.29, 0.717) is 0 Å². The van der Waals surface area contributed by atoms with E-state index in [-0.39, 0.29) is 0 Å². The van der Waals surface area contributed by atoms with E-state index in [0.717, 1.165) is 31.4 Å². The molecule has 1 aliphatic rings. The normalized spacial score (nSPS) is 22.5. The average molecular weight is 240 g/mol. The molecule has 2 N–H and O–H groups in total. The number of nitrogens with one attached hydrogen (secondary N) is 2. The fourth-order valence-corrected chi connectivity index (χ4v) is 2.31. The lowest BCUT2D eigenvalue weighted by Gasteiger charge is -2.32. The monoisotopic (exact) mass is 240 g/mol. The Hall–Kier alpha value is -0.770. The predicted octanol–water partition coefficient (Wildman–Crippen LogP) is 1.29. The molecule has 0 radical (unpaired) electrons. The standard InChI is InChI=1S/C13H28N4/c1-4-8-15-13(14-3)16-10-12-7-6-9-17(5-2)11-12/h12H,4-11H2,1-3H3,(H2,14,15,16). The topological polar surface area (TPSA) is 39.7 Å². The Labute approximate surface area is 106 Å². The van der Waals surface area contributed by atoms with Crippen LogP contribution in [-0.4, -0.2) is 50.6 Å². The van der Waals surface area contributed by atoms with Crippen molar-refractivity contribution in [3.8, 4) is 0 Å². The van der Waals surface area contributed by atoms with Crippen LogP contribution in [0.25, 0.3) is 0 Å². The number of guanidine groups is 1. The second-order valence-electron chi connectivity index (χ2n) is 4.78. The number of hydrogen-bond donors (Lipinski definition) is 2. The van der Waals surface area contributed by atoms with Gasteiger partial charge in [0.05, 0.1) is 0 Å². The molecular weight excluding hydrogens is 212 g/mol. The van der Waals surface area contributed by atoms with E-state index in [1.54, 1.807) is 0 Å². The predicted molar refractivity (Wildman–Crippen MR) is 74.5 cm³/mol. The van der Waals surface area contributed by atoms with Gasteiger partial charge < -0.3 is 15.5 Å². The summed E-state index contributed by atoms with van der Waals surface area (Å²) in [6.07, 6.45) is 3.81. The van der Waals surface area contributed by atoms with E-state index in [4.69, 9.17) is 0 Å². The van der Waals surface area contributed by atoms with Crippen LogP contribution in [0.3, 0.4) is 0 Å². The molecule has 0 spiro atoms. The van der Waals surface area contributed by atoms with Gasteiger partial charge in [-0.3, -0.25) is 4.99 Å². The summed E-state index contributed by atoms with van der Waals surface area (Å²) in [5.74, 6) is 1.71. The van der Waals surface area contributed by atoms with Gasteiger partial charge in [0, 0.05) is 26.7 Å². The Morgan fingerprint density at radius 3 is 2.82 bits per heavy atom. The molecule has 1 fully saturated rings. The van der Waals surface area contributed by atoms with E-state index in [9.17, 15) is 0 Å². The highest BCUT2D eigenvalue weighted by molar-refractivity contribution is 5.79. The Kier molecular flexibility index (Phi) is 7.01. The fourth-order valence-electron chi connectivity index (χ4n) is 2.31. The van der Waals surface area contributed by atoms with Crippen LogP contribution in [0, 0.1) is 5.92 Å². The lowest BCUT2D eigenvalue weighted by Crippen LogP contribution is -2.44. The maximum absolute atomic E-state index is 4.23. The molecule has 4 heteroatoms. The summed E-state index contributed by atoms with van der Waals surface area (Å²) in [6, 6.07) is 0. The van der Waals surface area contributed by atoms with Crippen LogP contribution >= 0.6 is 0 Å². The van der Waals surface area contributed by atoms with E-state index >= 15 is 0 Å². The molecule has 1 saturated heterocycles. The maximum atomic E-state index is 4.23. The molecule has 4 nitrogen and oxygen atoms in total. The molecule has 0 aromatic carbocycles. The van der Waals surface area contributed by atoms with Crippen LogP contribution in [0.2, 0.25) is 0 Å². The number of hydrogen-bond acceptors (Lipinski definition) is 2. The van der Waals surface area contributed by atoms with Crippen LogP contribution in [0.5, 0.6) is 0 Å². The largest absolute Gasteiger partial charge is 0.356 e. The molecule has 1 aliphatic heterocycles. The van der Waals surface area contributed by atoms with Gasteiger partial charge in [0.1, 0.15) is 0 Å². The lowest BCUT2D eigenvalue weighted by atomic mass is 9.98. The Bertz CT molecular complexity index is 227. The molecule has 1 rings (SSSR count). The van der Waals surface area contributed by atoms with Crippen molar-refractivity contribution in [2.45, 2.75) is 33.1 Å². The highest BCUT2D eigenvalue weighted by atomic mass is 15.2. The van der Waals surface area contributed by atoms with Crippen molar-refractivity contribution in [3.63, 3.8) is 0 Å². The van der Waals surface area contributed by atoms with E-state index in [1.807, 2.05) is 7.05 Å². The van der Waals surface area contributed by atoms with Crippen molar-refractivity contribution in [1.29, 1.82) is 0 Å². The van der Waals surface area contributed by atoms with Crippen molar-refractivity contribution in [2.24, 2.45) is 10.9 Å². The minimum absolute atomic E-state index is 0.767. The summed E-state index contributed by atoms with van der Waals surface area (Å²) in [6.45, 7) is 10.1. The number of aliphatic imine (C=N–C) groups is 1. The molecule has 1 heterocycles. The van der Waals surface area contributed by atoms with Crippen LogP contribution in [-0.2, 0) is 0 Å². The first kappa shape index (κ1) is 14.3. The van der Waals surface area contributed by atoms with Crippen molar-refractivity contribution >= 4 is 5.96 Å². The lowest BCUT2D eigenvalue weighted by molar-refractivity contribution is 0.183. The minimum atomic E-state index is 0.767. The fraction of sp³-hybridized carbons (Fsp3) is 0.923. The van der Waals surface area contributed by atoms with Crippen LogP contribution < -0.4 is 10.6 Å². The zero-order valence-electron chi connectivity index (χ0n) is 11.6. The molecule has 0 amide bonds.